The Labute approximate surface area is 195 Å². The van der Waals surface area contributed by atoms with Crippen molar-refractivity contribution in [1.29, 1.82) is 0 Å². The molecule has 0 aromatic heterocycles. The van der Waals surface area contributed by atoms with Gasteiger partial charge in [-0.15, -0.1) is 24.0 Å². The summed E-state index contributed by atoms with van der Waals surface area (Å²) in [6.07, 6.45) is 0. The SMILES string of the molecule is CCNC(=NCc1ccc(OC)c(OCC)c1)NC(C)c1ccc(OC)c(F)c1.I. The van der Waals surface area contributed by atoms with E-state index >= 15 is 0 Å². The van der Waals surface area contributed by atoms with Crippen LogP contribution in [0.15, 0.2) is 41.4 Å². The van der Waals surface area contributed by atoms with Gasteiger partial charge in [0.2, 0.25) is 0 Å². The van der Waals surface area contributed by atoms with Crippen molar-refractivity contribution < 1.29 is 18.6 Å². The minimum Gasteiger partial charge on any atom is -0.494 e. The van der Waals surface area contributed by atoms with E-state index in [9.17, 15) is 4.39 Å². The van der Waals surface area contributed by atoms with Crippen LogP contribution in [0.25, 0.3) is 0 Å². The molecule has 30 heavy (non-hydrogen) atoms. The van der Waals surface area contributed by atoms with Gasteiger partial charge in [0.05, 0.1) is 33.4 Å². The third kappa shape index (κ3) is 7.23. The molecule has 0 radical (unpaired) electrons. The summed E-state index contributed by atoms with van der Waals surface area (Å²) in [5.74, 6) is 1.88. The zero-order chi connectivity index (χ0) is 21.2. The van der Waals surface area contributed by atoms with Gasteiger partial charge in [-0.25, -0.2) is 9.38 Å². The molecule has 0 aliphatic carbocycles. The second kappa shape index (κ2) is 13.1. The number of nitrogens with zero attached hydrogens (tertiary/aromatic N) is 1. The molecule has 0 aliphatic heterocycles. The maximum atomic E-state index is 14.0. The van der Waals surface area contributed by atoms with Gasteiger partial charge in [0, 0.05) is 6.54 Å². The van der Waals surface area contributed by atoms with Crippen LogP contribution in [0.1, 0.15) is 37.9 Å². The topological polar surface area (TPSA) is 64.1 Å². The van der Waals surface area contributed by atoms with Crippen molar-refractivity contribution >= 4 is 29.9 Å². The molecular formula is C22H31FIN3O3. The number of hydrogen-bond acceptors (Lipinski definition) is 4. The molecule has 6 nitrogen and oxygen atoms in total. The lowest BCUT2D eigenvalue weighted by atomic mass is 10.1. The fraction of sp³-hybridized carbons (Fsp3) is 0.409. The molecular weight excluding hydrogens is 500 g/mol. The summed E-state index contributed by atoms with van der Waals surface area (Å²) in [6.45, 7) is 7.61. The molecule has 0 fully saturated rings. The highest BCUT2D eigenvalue weighted by Crippen LogP contribution is 2.28. The second-order valence-corrected chi connectivity index (χ2v) is 6.37. The van der Waals surface area contributed by atoms with Crippen LogP contribution < -0.4 is 24.8 Å². The molecule has 0 spiro atoms. The molecule has 166 valence electrons. The quantitative estimate of drug-likeness (QED) is 0.280. The molecule has 0 bridgehead atoms. The van der Waals surface area contributed by atoms with Crippen molar-refractivity contribution in [3.8, 4) is 17.2 Å². The van der Waals surface area contributed by atoms with Crippen LogP contribution in [0.2, 0.25) is 0 Å². The van der Waals surface area contributed by atoms with Crippen molar-refractivity contribution in [2.24, 2.45) is 4.99 Å². The van der Waals surface area contributed by atoms with Crippen molar-refractivity contribution in [3.63, 3.8) is 0 Å². The molecule has 8 heteroatoms. The smallest absolute Gasteiger partial charge is 0.192 e. The molecule has 2 aromatic carbocycles. The maximum Gasteiger partial charge on any atom is 0.192 e. The fourth-order valence-corrected chi connectivity index (χ4v) is 2.82. The van der Waals surface area contributed by atoms with E-state index in [-0.39, 0.29) is 41.6 Å². The minimum atomic E-state index is -0.387. The summed E-state index contributed by atoms with van der Waals surface area (Å²) in [5.41, 5.74) is 1.80. The fourth-order valence-electron chi connectivity index (χ4n) is 2.82. The van der Waals surface area contributed by atoms with Gasteiger partial charge < -0.3 is 24.8 Å². The summed E-state index contributed by atoms with van der Waals surface area (Å²) < 4.78 is 29.9. The first-order chi connectivity index (χ1) is 14.0. The first kappa shape index (κ1) is 25.8. The van der Waals surface area contributed by atoms with Crippen molar-refractivity contribution in [1.82, 2.24) is 10.6 Å². The molecule has 0 heterocycles. The first-order valence-corrected chi connectivity index (χ1v) is 9.70. The number of halogens is 2. The van der Waals surface area contributed by atoms with Crippen LogP contribution >= 0.6 is 24.0 Å². The lowest BCUT2D eigenvalue weighted by molar-refractivity contribution is 0.310. The average molecular weight is 531 g/mol. The Kier molecular flexibility index (Phi) is 11.3. The number of guanidine groups is 1. The molecule has 0 aliphatic rings. The van der Waals surface area contributed by atoms with Gasteiger partial charge in [-0.05, 0) is 56.2 Å². The third-order valence-corrected chi connectivity index (χ3v) is 4.32. The Hall–Kier alpha value is -2.23. The van der Waals surface area contributed by atoms with Crippen LogP contribution in [0.5, 0.6) is 17.2 Å². The number of rotatable bonds is 9. The lowest BCUT2D eigenvalue weighted by Gasteiger charge is -2.19. The van der Waals surface area contributed by atoms with Gasteiger partial charge in [0.1, 0.15) is 0 Å². The van der Waals surface area contributed by atoms with Gasteiger partial charge in [-0.1, -0.05) is 12.1 Å². The molecule has 0 amide bonds. The molecule has 2 aromatic rings. The van der Waals surface area contributed by atoms with E-state index in [1.54, 1.807) is 13.2 Å². The zero-order valence-corrected chi connectivity index (χ0v) is 20.5. The van der Waals surface area contributed by atoms with E-state index in [0.717, 1.165) is 11.1 Å². The first-order valence-electron chi connectivity index (χ1n) is 9.70. The van der Waals surface area contributed by atoms with Crippen LogP contribution in [0, 0.1) is 5.82 Å². The Morgan fingerprint density at radius 2 is 1.73 bits per heavy atom. The Morgan fingerprint density at radius 1 is 1.03 bits per heavy atom. The largest absolute Gasteiger partial charge is 0.494 e. The number of ether oxygens (including phenoxy) is 3. The summed E-state index contributed by atoms with van der Waals surface area (Å²) in [4.78, 5) is 4.64. The van der Waals surface area contributed by atoms with E-state index in [2.05, 4.69) is 15.6 Å². The number of methoxy groups -OCH3 is 2. The summed E-state index contributed by atoms with van der Waals surface area (Å²) in [7, 11) is 3.07. The van der Waals surface area contributed by atoms with Crippen molar-refractivity contribution in [2.45, 2.75) is 33.4 Å². The van der Waals surface area contributed by atoms with Crippen molar-refractivity contribution in [3.05, 3.63) is 53.3 Å². The Balaban J connectivity index is 0.00000450. The Morgan fingerprint density at radius 3 is 2.33 bits per heavy atom. The number of aliphatic imine (C=N–C) groups is 1. The molecule has 2 N–H and O–H groups in total. The summed E-state index contributed by atoms with van der Waals surface area (Å²) in [6, 6.07) is 10.6. The van der Waals surface area contributed by atoms with Crippen LogP contribution in [-0.4, -0.2) is 33.3 Å². The maximum absolute atomic E-state index is 14.0. The molecule has 2 rings (SSSR count). The predicted molar refractivity (Wildman–Crippen MR) is 129 cm³/mol. The number of hydrogen-bond donors (Lipinski definition) is 2. The summed E-state index contributed by atoms with van der Waals surface area (Å²) in [5, 5.41) is 6.52. The average Bonchev–Trinajstić information content (AvgIpc) is 2.72. The van der Waals surface area contributed by atoms with E-state index in [1.807, 2.05) is 45.0 Å². The highest BCUT2D eigenvalue weighted by Gasteiger charge is 2.12. The normalized spacial score (nSPS) is 11.9. The number of benzene rings is 2. The van der Waals surface area contributed by atoms with Gasteiger partial charge in [0.15, 0.2) is 29.0 Å². The predicted octanol–water partition coefficient (Wildman–Crippen LogP) is 4.68. The molecule has 0 saturated carbocycles. The van der Waals surface area contributed by atoms with Gasteiger partial charge in [-0.2, -0.15) is 0 Å². The molecule has 1 atom stereocenters. The van der Waals surface area contributed by atoms with Crippen LogP contribution in [0.3, 0.4) is 0 Å². The van der Waals surface area contributed by atoms with Crippen LogP contribution in [0.4, 0.5) is 4.39 Å². The highest BCUT2D eigenvalue weighted by atomic mass is 127. The van der Waals surface area contributed by atoms with Gasteiger partial charge in [0.25, 0.3) is 0 Å². The molecule has 0 saturated heterocycles. The van der Waals surface area contributed by atoms with Gasteiger partial charge >= 0.3 is 0 Å². The van der Waals surface area contributed by atoms with E-state index in [0.29, 0.717) is 37.2 Å². The highest BCUT2D eigenvalue weighted by molar-refractivity contribution is 14.0. The van der Waals surface area contributed by atoms with Crippen molar-refractivity contribution in [2.75, 3.05) is 27.4 Å². The second-order valence-electron chi connectivity index (χ2n) is 6.37. The monoisotopic (exact) mass is 531 g/mol. The zero-order valence-electron chi connectivity index (χ0n) is 18.1. The van der Waals surface area contributed by atoms with E-state index < -0.39 is 0 Å². The lowest BCUT2D eigenvalue weighted by Crippen LogP contribution is -2.38. The Bertz CT molecular complexity index is 833. The van der Waals surface area contributed by atoms with Gasteiger partial charge in [-0.3, -0.25) is 0 Å². The van der Waals surface area contributed by atoms with Crippen LogP contribution in [-0.2, 0) is 6.54 Å². The number of nitrogens with one attached hydrogen (secondary N) is 2. The molecule has 1 unspecified atom stereocenters. The van der Waals surface area contributed by atoms with E-state index in [4.69, 9.17) is 14.2 Å². The minimum absolute atomic E-state index is 0. The van der Waals surface area contributed by atoms with E-state index in [1.165, 1.54) is 13.2 Å². The third-order valence-electron chi connectivity index (χ3n) is 4.32. The summed E-state index contributed by atoms with van der Waals surface area (Å²) >= 11 is 0. The standard InChI is InChI=1S/C22H30FN3O3.HI/c1-6-24-22(26-15(3)17-9-11-19(27-4)18(23)13-17)25-14-16-8-10-20(28-5)21(12-16)29-7-2;/h8-13,15H,6-7,14H2,1-5H3,(H2,24,25,26);1H.